The van der Waals surface area contributed by atoms with Crippen molar-refractivity contribution in [2.75, 3.05) is 6.54 Å². The van der Waals surface area contributed by atoms with Gasteiger partial charge in [0.1, 0.15) is 23.1 Å². The number of H-pyrrole nitrogens is 1. The van der Waals surface area contributed by atoms with E-state index in [4.69, 9.17) is 4.42 Å². The number of amides is 1. The lowest BCUT2D eigenvalue weighted by atomic mass is 10.1. The van der Waals surface area contributed by atoms with E-state index in [9.17, 15) is 18.4 Å². The molecule has 0 unspecified atom stereocenters. The van der Waals surface area contributed by atoms with Crippen molar-refractivity contribution >= 4 is 5.91 Å². The number of aromatic amines is 1. The highest BCUT2D eigenvalue weighted by atomic mass is 19.1. The molecular weight excluding hydrogens is 344 g/mol. The zero-order chi connectivity index (χ0) is 18.3. The average Bonchev–Trinajstić information content (AvgIpc) is 3.03. The second-order valence-corrected chi connectivity index (χ2v) is 5.97. The third-order valence-corrected chi connectivity index (χ3v) is 4.15. The minimum absolute atomic E-state index is 0.110. The molecule has 8 heteroatoms. The van der Waals surface area contributed by atoms with Crippen molar-refractivity contribution in [3.8, 4) is 11.5 Å². The van der Waals surface area contributed by atoms with Gasteiger partial charge in [0.2, 0.25) is 11.4 Å². The van der Waals surface area contributed by atoms with Crippen LogP contribution in [0.5, 0.6) is 0 Å². The third kappa shape index (κ3) is 3.01. The van der Waals surface area contributed by atoms with E-state index < -0.39 is 11.6 Å². The van der Waals surface area contributed by atoms with Gasteiger partial charge >= 0.3 is 0 Å². The molecule has 6 nitrogen and oxygen atoms in total. The van der Waals surface area contributed by atoms with Gasteiger partial charge in [-0.25, -0.2) is 13.8 Å². The predicted octanol–water partition coefficient (Wildman–Crippen LogP) is 2.51. The van der Waals surface area contributed by atoms with Gasteiger partial charge in [-0.3, -0.25) is 9.59 Å². The van der Waals surface area contributed by atoms with E-state index in [-0.39, 0.29) is 35.0 Å². The van der Waals surface area contributed by atoms with Crippen LogP contribution in [0.3, 0.4) is 0 Å². The van der Waals surface area contributed by atoms with Gasteiger partial charge in [0.25, 0.3) is 5.91 Å². The Kier molecular flexibility index (Phi) is 3.87. The van der Waals surface area contributed by atoms with Crippen molar-refractivity contribution in [3.63, 3.8) is 0 Å². The number of halogens is 2. The van der Waals surface area contributed by atoms with E-state index in [1.807, 2.05) is 0 Å². The summed E-state index contributed by atoms with van der Waals surface area (Å²) in [5.74, 6) is -1.04. The number of rotatable bonds is 2. The van der Waals surface area contributed by atoms with E-state index in [0.29, 0.717) is 24.4 Å². The number of aromatic nitrogens is 2. The maximum atomic E-state index is 13.4. The van der Waals surface area contributed by atoms with Crippen LogP contribution in [-0.4, -0.2) is 27.3 Å². The van der Waals surface area contributed by atoms with Gasteiger partial charge in [-0.05, 0) is 18.2 Å². The first-order valence-corrected chi connectivity index (χ1v) is 7.92. The second kappa shape index (κ2) is 6.21. The van der Waals surface area contributed by atoms with E-state index >= 15 is 0 Å². The zero-order valence-corrected chi connectivity index (χ0v) is 13.5. The van der Waals surface area contributed by atoms with Gasteiger partial charge in [0.15, 0.2) is 0 Å². The lowest BCUT2D eigenvalue weighted by Gasteiger charge is -2.25. The standard InChI is InChI=1S/C18H13F2N3O3/c19-12-5-11(6-13(20)8-12)17-22-14-9-23(4-2-15(14)26-17)18(25)10-1-3-21-16(24)7-10/h1,3,5-8H,2,4,9H2,(H,21,24). The largest absolute Gasteiger partial charge is 0.441 e. The SMILES string of the molecule is O=C(c1cc[nH]c(=O)c1)N1CCc2oc(-c3cc(F)cc(F)c3)nc2C1. The number of nitrogens with one attached hydrogen (secondary N) is 1. The van der Waals surface area contributed by atoms with Crippen LogP contribution in [0.2, 0.25) is 0 Å². The van der Waals surface area contributed by atoms with Gasteiger partial charge in [-0.2, -0.15) is 0 Å². The lowest BCUT2D eigenvalue weighted by molar-refractivity contribution is 0.0727. The Labute approximate surface area is 146 Å². The number of carbonyl (C=O) groups excluding carboxylic acids is 1. The molecule has 4 rings (SSSR count). The molecular formula is C18H13F2N3O3. The molecule has 0 aliphatic carbocycles. The third-order valence-electron chi connectivity index (χ3n) is 4.15. The number of pyridine rings is 1. The number of carbonyl (C=O) groups is 1. The molecule has 3 aromatic rings. The Hall–Kier alpha value is -3.29. The highest BCUT2D eigenvalue weighted by Gasteiger charge is 2.26. The van der Waals surface area contributed by atoms with Crippen molar-refractivity contribution in [3.05, 3.63) is 75.5 Å². The van der Waals surface area contributed by atoms with E-state index in [1.54, 1.807) is 4.90 Å². The molecule has 3 heterocycles. The predicted molar refractivity (Wildman–Crippen MR) is 87.4 cm³/mol. The lowest BCUT2D eigenvalue weighted by Crippen LogP contribution is -2.36. The van der Waals surface area contributed by atoms with Crippen molar-refractivity contribution in [1.82, 2.24) is 14.9 Å². The van der Waals surface area contributed by atoms with Crippen LogP contribution in [0.4, 0.5) is 8.78 Å². The summed E-state index contributed by atoms with van der Waals surface area (Å²) in [6.45, 7) is 0.590. The number of hydrogen-bond donors (Lipinski definition) is 1. The summed E-state index contributed by atoms with van der Waals surface area (Å²) in [5.41, 5.74) is 0.664. The van der Waals surface area contributed by atoms with Gasteiger partial charge in [0.05, 0.1) is 6.54 Å². The summed E-state index contributed by atoms with van der Waals surface area (Å²) in [6.07, 6.45) is 1.84. The first-order chi connectivity index (χ1) is 12.5. The molecule has 26 heavy (non-hydrogen) atoms. The molecule has 0 radical (unpaired) electrons. The molecule has 0 fully saturated rings. The van der Waals surface area contributed by atoms with Crippen LogP contribution in [-0.2, 0) is 13.0 Å². The Bertz CT molecular complexity index is 1040. The molecule has 0 atom stereocenters. The van der Waals surface area contributed by atoms with Crippen LogP contribution in [0.25, 0.3) is 11.5 Å². The van der Waals surface area contributed by atoms with Crippen LogP contribution in [0, 0.1) is 11.6 Å². The quantitative estimate of drug-likeness (QED) is 0.764. The van der Waals surface area contributed by atoms with Crippen molar-refractivity contribution in [2.45, 2.75) is 13.0 Å². The zero-order valence-electron chi connectivity index (χ0n) is 13.5. The molecule has 2 aromatic heterocycles. The summed E-state index contributed by atoms with van der Waals surface area (Å²) < 4.78 is 32.4. The Morgan fingerprint density at radius 2 is 1.96 bits per heavy atom. The fraction of sp³-hybridized carbons (Fsp3) is 0.167. The van der Waals surface area contributed by atoms with Crippen molar-refractivity contribution in [1.29, 1.82) is 0 Å². The molecule has 1 aliphatic rings. The minimum atomic E-state index is -0.720. The second-order valence-electron chi connectivity index (χ2n) is 5.97. The van der Waals surface area contributed by atoms with E-state index in [0.717, 1.165) is 18.2 Å². The van der Waals surface area contributed by atoms with Crippen molar-refractivity contribution in [2.24, 2.45) is 0 Å². The smallest absolute Gasteiger partial charge is 0.254 e. The maximum Gasteiger partial charge on any atom is 0.254 e. The fourth-order valence-electron chi connectivity index (χ4n) is 2.93. The Balaban J connectivity index is 1.60. The van der Waals surface area contributed by atoms with Gasteiger partial charge in [-0.1, -0.05) is 0 Å². The van der Waals surface area contributed by atoms with Crippen molar-refractivity contribution < 1.29 is 18.0 Å². The highest BCUT2D eigenvalue weighted by molar-refractivity contribution is 5.94. The first-order valence-electron chi connectivity index (χ1n) is 7.92. The molecule has 0 spiro atoms. The Morgan fingerprint density at radius 3 is 2.69 bits per heavy atom. The molecule has 1 amide bonds. The summed E-state index contributed by atoms with van der Waals surface area (Å²) >= 11 is 0. The molecule has 132 valence electrons. The molecule has 1 N–H and O–H groups in total. The van der Waals surface area contributed by atoms with E-state index in [2.05, 4.69) is 9.97 Å². The summed E-state index contributed by atoms with van der Waals surface area (Å²) in [6, 6.07) is 5.82. The number of benzene rings is 1. The van der Waals surface area contributed by atoms with Crippen LogP contribution < -0.4 is 5.56 Å². The van der Waals surface area contributed by atoms with E-state index in [1.165, 1.54) is 18.3 Å². The normalized spacial score (nSPS) is 13.5. The topological polar surface area (TPSA) is 79.2 Å². The van der Waals surface area contributed by atoms with Gasteiger partial charge in [0, 0.05) is 42.4 Å². The summed E-state index contributed by atoms with van der Waals surface area (Å²) in [7, 11) is 0. The molecule has 1 aliphatic heterocycles. The number of hydrogen-bond acceptors (Lipinski definition) is 4. The molecule has 0 saturated heterocycles. The monoisotopic (exact) mass is 357 g/mol. The van der Waals surface area contributed by atoms with Gasteiger partial charge < -0.3 is 14.3 Å². The molecule has 1 aromatic carbocycles. The minimum Gasteiger partial charge on any atom is -0.441 e. The summed E-state index contributed by atoms with van der Waals surface area (Å²) in [4.78, 5) is 32.2. The number of nitrogens with zero attached hydrogens (tertiary/aromatic N) is 2. The number of oxazole rings is 1. The maximum absolute atomic E-state index is 13.4. The fourth-order valence-corrected chi connectivity index (χ4v) is 2.93. The van der Waals surface area contributed by atoms with Crippen LogP contribution >= 0.6 is 0 Å². The summed E-state index contributed by atoms with van der Waals surface area (Å²) in [5, 5.41) is 0. The van der Waals surface area contributed by atoms with Crippen LogP contribution in [0.1, 0.15) is 21.8 Å². The van der Waals surface area contributed by atoms with Crippen LogP contribution in [0.15, 0.2) is 45.7 Å². The highest BCUT2D eigenvalue weighted by Crippen LogP contribution is 2.27. The number of fused-ring (bicyclic) bond motifs is 1. The average molecular weight is 357 g/mol. The first kappa shape index (κ1) is 16.2. The Morgan fingerprint density at radius 1 is 1.19 bits per heavy atom. The molecule has 0 bridgehead atoms. The van der Waals surface area contributed by atoms with Gasteiger partial charge in [-0.15, -0.1) is 0 Å². The molecule has 0 saturated carbocycles.